The molecule has 2 aromatic heterocycles. The number of aromatic amines is 2. The van der Waals surface area contributed by atoms with Crippen molar-refractivity contribution in [2.24, 2.45) is 11.5 Å². The van der Waals surface area contributed by atoms with Crippen molar-refractivity contribution in [1.29, 1.82) is 0 Å². The summed E-state index contributed by atoms with van der Waals surface area (Å²) >= 11 is 0. The summed E-state index contributed by atoms with van der Waals surface area (Å²) < 4.78 is 21.8. The maximum Gasteiger partial charge on any atom is 0.250 e. The molecule has 0 spiro atoms. The molecule has 8 N–H and O–H groups in total. The molecule has 6 aromatic rings. The summed E-state index contributed by atoms with van der Waals surface area (Å²) in [5.74, 6) is 5.74. The number of ketones is 2. The average molecular weight is 867 g/mol. The molecule has 13 heteroatoms. The minimum absolute atomic E-state index is 0.0140. The lowest BCUT2D eigenvalue weighted by molar-refractivity contribution is -0.176. The largest absolute Gasteiger partial charge is 0.454 e. The predicted molar refractivity (Wildman–Crippen MR) is 243 cm³/mol. The van der Waals surface area contributed by atoms with Gasteiger partial charge in [-0.15, -0.1) is 0 Å². The Labute approximate surface area is 371 Å². The number of hydrogen-bond donors (Lipinski definition) is 6. The van der Waals surface area contributed by atoms with E-state index in [9.17, 15) is 14.4 Å². The van der Waals surface area contributed by atoms with Crippen LogP contribution in [0, 0.1) is 12.0 Å². The van der Waals surface area contributed by atoms with Crippen LogP contribution in [-0.2, 0) is 44.1 Å². The number of nitrogens with two attached hydrogens (primary N) is 2. The molecule has 1 amide bonds. The highest BCUT2D eigenvalue weighted by molar-refractivity contribution is 6.06. The van der Waals surface area contributed by atoms with Crippen molar-refractivity contribution < 1.29 is 43.8 Å². The highest BCUT2D eigenvalue weighted by Gasteiger charge is 2.52. The maximum absolute atomic E-state index is 13.4. The van der Waals surface area contributed by atoms with E-state index < -0.39 is 16.7 Å². The third-order valence-corrected chi connectivity index (χ3v) is 12.8. The lowest BCUT2D eigenvalue weighted by atomic mass is 9.87. The molecule has 0 saturated heterocycles. The fraction of sp³-hybridized carbons (Fsp3) is 0.353. The van der Waals surface area contributed by atoms with Crippen LogP contribution in [-0.4, -0.2) is 51.5 Å². The molecule has 13 nitrogen and oxygen atoms in total. The first kappa shape index (κ1) is 43.9. The van der Waals surface area contributed by atoms with E-state index in [-0.39, 0.29) is 42.4 Å². The summed E-state index contributed by atoms with van der Waals surface area (Å²) in [6.07, 6.45) is 3.97. The standard InChI is InChI=1S/C26H26N2O3.C25H26N2O4.H2O2/c1-25(2,3)22-13-18-11-16(10-17(6-9-27)24(18)28-22)12-23(29)26(7-8-26)19-4-5-20-21(14-19)31-15-30-20;1-24(2,3)20-11-15-8-14(9-17(23(26)29)22(15)27-20)10-21(28)25(6-7-25)16-4-5-18-19(12-16)31-13-30-18;1-2/h4-5,10-11,13-14,28H,7-8,12,15,27H2,1-3H3;4-5,8-9,11-12,27H,6-7,10,13H2,1-3H3,(H2,26,29);1-2H. The third-order valence-electron chi connectivity index (χ3n) is 12.8. The number of aromatic nitrogens is 2. The quantitative estimate of drug-likeness (QED) is 0.0353. The molecule has 4 heterocycles. The number of H-pyrrole nitrogens is 2. The molecule has 64 heavy (non-hydrogen) atoms. The van der Waals surface area contributed by atoms with Crippen LogP contribution >= 0.6 is 0 Å². The Hall–Kier alpha value is -6.75. The molecule has 0 bridgehead atoms. The van der Waals surface area contributed by atoms with Gasteiger partial charge in [-0.2, -0.15) is 0 Å². The molecule has 0 unspecified atom stereocenters. The molecular weight excluding hydrogens is 813 g/mol. The lowest BCUT2D eigenvalue weighted by Gasteiger charge is -2.16. The van der Waals surface area contributed by atoms with E-state index in [1.807, 2.05) is 54.6 Å². The second-order valence-electron chi connectivity index (χ2n) is 19.2. The van der Waals surface area contributed by atoms with Gasteiger partial charge in [-0.1, -0.05) is 53.7 Å². The van der Waals surface area contributed by atoms with E-state index in [4.69, 9.17) is 40.9 Å². The van der Waals surface area contributed by atoms with E-state index in [1.165, 1.54) is 0 Å². The van der Waals surface area contributed by atoms with Crippen molar-refractivity contribution in [2.75, 3.05) is 13.6 Å². The first-order valence-electron chi connectivity index (χ1n) is 21.4. The van der Waals surface area contributed by atoms with Gasteiger partial charge in [0, 0.05) is 51.9 Å². The molecule has 10 rings (SSSR count). The zero-order valence-corrected chi connectivity index (χ0v) is 37.0. The van der Waals surface area contributed by atoms with Crippen molar-refractivity contribution in [2.45, 2.75) is 102 Å². The Morgan fingerprint density at radius 2 is 1.06 bits per heavy atom. The SMILES string of the molecule is CC(C)(C)c1cc2cc(CC(=O)C3(c4ccc5c(c4)OCO5)CC3)cc(C#CN)c2[nH]1.CC(C)(C)c1cc2cc(CC(=O)C3(c4ccc5c(c4)OCO5)CC3)cc(C(N)=O)c2[nH]1.OO. The minimum Gasteiger partial charge on any atom is -0.454 e. The van der Waals surface area contributed by atoms with E-state index in [1.54, 1.807) is 6.07 Å². The Bertz CT molecular complexity index is 2890. The molecule has 0 radical (unpaired) electrons. The Morgan fingerprint density at radius 1 is 0.625 bits per heavy atom. The summed E-state index contributed by atoms with van der Waals surface area (Å²) in [6.45, 7) is 13.3. The minimum atomic E-state index is -0.501. The zero-order chi connectivity index (χ0) is 45.8. The van der Waals surface area contributed by atoms with Gasteiger partial charge in [0.25, 0.3) is 5.91 Å². The molecule has 2 aliphatic heterocycles. The van der Waals surface area contributed by atoms with Gasteiger partial charge in [0.05, 0.1) is 33.0 Å². The number of primary amides is 1. The fourth-order valence-electron chi connectivity index (χ4n) is 8.80. The second-order valence-corrected chi connectivity index (χ2v) is 19.2. The number of ether oxygens (including phenoxy) is 4. The van der Waals surface area contributed by atoms with Crippen LogP contribution in [0.5, 0.6) is 23.0 Å². The van der Waals surface area contributed by atoms with Gasteiger partial charge in [-0.3, -0.25) is 24.9 Å². The van der Waals surface area contributed by atoms with Crippen molar-refractivity contribution in [3.63, 3.8) is 0 Å². The van der Waals surface area contributed by atoms with E-state index in [0.29, 0.717) is 23.5 Å². The first-order chi connectivity index (χ1) is 30.5. The number of carbonyl (C=O) groups excluding carboxylic acids is 3. The summed E-state index contributed by atoms with van der Waals surface area (Å²) in [7, 11) is 0. The van der Waals surface area contributed by atoms with Crippen LogP contribution in [0.2, 0.25) is 0 Å². The zero-order valence-electron chi connectivity index (χ0n) is 37.0. The van der Waals surface area contributed by atoms with Gasteiger partial charge in [-0.25, -0.2) is 0 Å². The predicted octanol–water partition coefficient (Wildman–Crippen LogP) is 8.46. The van der Waals surface area contributed by atoms with Gasteiger partial charge in [0.15, 0.2) is 23.0 Å². The third kappa shape index (κ3) is 8.27. The second kappa shape index (κ2) is 16.4. The van der Waals surface area contributed by atoms with Crippen LogP contribution in [0.3, 0.4) is 0 Å². The van der Waals surface area contributed by atoms with Gasteiger partial charge >= 0.3 is 0 Å². The first-order valence-corrected chi connectivity index (χ1v) is 21.4. The molecule has 4 aromatic carbocycles. The lowest BCUT2D eigenvalue weighted by Crippen LogP contribution is -2.23. The molecule has 2 saturated carbocycles. The average Bonchev–Trinajstić information content (AvgIpc) is 3.93. The number of fused-ring (bicyclic) bond motifs is 4. The van der Waals surface area contributed by atoms with Crippen LogP contribution in [0.25, 0.3) is 21.8 Å². The van der Waals surface area contributed by atoms with Crippen LogP contribution in [0.1, 0.15) is 117 Å². The van der Waals surface area contributed by atoms with Crippen LogP contribution in [0.4, 0.5) is 0 Å². The number of amides is 1. The molecule has 2 aliphatic carbocycles. The maximum atomic E-state index is 13.4. The summed E-state index contributed by atoms with van der Waals surface area (Å²) in [6, 6.07) is 26.1. The van der Waals surface area contributed by atoms with Crippen molar-refractivity contribution in [1.82, 2.24) is 9.97 Å². The molecule has 4 aliphatic rings. The number of nitrogens with one attached hydrogen (secondary N) is 2. The number of hydrogen-bond acceptors (Lipinski definition) is 10. The fourth-order valence-corrected chi connectivity index (χ4v) is 8.80. The van der Waals surface area contributed by atoms with Crippen LogP contribution < -0.4 is 30.4 Å². The van der Waals surface area contributed by atoms with Crippen LogP contribution in [0.15, 0.2) is 72.8 Å². The highest BCUT2D eigenvalue weighted by Crippen LogP contribution is 2.53. The smallest absolute Gasteiger partial charge is 0.250 e. The molecule has 332 valence electrons. The van der Waals surface area contributed by atoms with Gasteiger partial charge in [0.2, 0.25) is 13.6 Å². The normalized spacial score (nSPS) is 15.9. The number of benzene rings is 4. The van der Waals surface area contributed by atoms with Gasteiger partial charge < -0.3 is 40.4 Å². The van der Waals surface area contributed by atoms with Gasteiger partial charge in [0.1, 0.15) is 11.6 Å². The van der Waals surface area contributed by atoms with Gasteiger partial charge in [-0.05, 0) is 115 Å². The number of rotatable bonds is 9. The monoisotopic (exact) mass is 866 g/mol. The number of Topliss-reactive ketones (excluding diaryl/α,β-unsaturated/α-hetero) is 2. The summed E-state index contributed by atoms with van der Waals surface area (Å²) in [4.78, 5) is 45.8. The van der Waals surface area contributed by atoms with Crippen molar-refractivity contribution >= 4 is 39.3 Å². The number of carbonyl (C=O) groups is 3. The Morgan fingerprint density at radius 3 is 1.50 bits per heavy atom. The summed E-state index contributed by atoms with van der Waals surface area (Å²) in [5, 5.41) is 14.0. The molecule has 0 atom stereocenters. The van der Waals surface area contributed by atoms with Crippen molar-refractivity contribution in [3.8, 4) is 35.0 Å². The summed E-state index contributed by atoms with van der Waals surface area (Å²) in [5.41, 5.74) is 19.0. The Kier molecular flexibility index (Phi) is 11.3. The Balaban J connectivity index is 0.000000169. The van der Waals surface area contributed by atoms with E-state index >= 15 is 0 Å². The highest BCUT2D eigenvalue weighted by atomic mass is 17.0. The van der Waals surface area contributed by atoms with E-state index in [0.717, 1.165) is 98.2 Å². The van der Waals surface area contributed by atoms with Crippen molar-refractivity contribution in [3.05, 3.63) is 118 Å². The molecule has 2 fully saturated rings. The molecular formula is C51H54N4O9. The van der Waals surface area contributed by atoms with E-state index in [2.05, 4.69) is 75.6 Å². The topological polar surface area (TPSA) is 212 Å².